The normalized spacial score (nSPS) is 12.5. The minimum atomic E-state index is -0.786. The van der Waals surface area contributed by atoms with E-state index < -0.39 is 6.10 Å². The number of esters is 3. The van der Waals surface area contributed by atoms with Crippen LogP contribution in [-0.4, -0.2) is 37.2 Å². The molecule has 0 aromatic rings. The molecule has 0 amide bonds. The van der Waals surface area contributed by atoms with E-state index in [9.17, 15) is 14.4 Å². The fraction of sp³-hybridized carbons (Fsp3) is 0.787. The Morgan fingerprint density at radius 2 is 0.582 bits per heavy atom. The lowest BCUT2D eigenvalue weighted by Gasteiger charge is -2.18. The molecule has 6 heteroatoms. The van der Waals surface area contributed by atoms with E-state index in [0.29, 0.717) is 19.3 Å². The summed E-state index contributed by atoms with van der Waals surface area (Å²) in [6.07, 6.45) is 69.2. The van der Waals surface area contributed by atoms with Crippen molar-refractivity contribution in [3.05, 3.63) is 60.8 Å². The summed E-state index contributed by atoms with van der Waals surface area (Å²) in [6.45, 7) is 6.53. The first-order valence-corrected chi connectivity index (χ1v) is 28.8. The molecule has 0 saturated heterocycles. The van der Waals surface area contributed by atoms with Crippen LogP contribution in [-0.2, 0) is 28.6 Å². The predicted octanol–water partition coefficient (Wildman–Crippen LogP) is 19.2. The Morgan fingerprint density at radius 3 is 0.925 bits per heavy atom. The number of unbranched alkanes of at least 4 members (excludes halogenated alkanes) is 31. The van der Waals surface area contributed by atoms with E-state index in [-0.39, 0.29) is 31.1 Å². The summed E-state index contributed by atoms with van der Waals surface area (Å²) in [5, 5.41) is 0. The van der Waals surface area contributed by atoms with E-state index >= 15 is 0 Å². The van der Waals surface area contributed by atoms with E-state index in [1.807, 2.05) is 0 Å². The van der Waals surface area contributed by atoms with Crippen molar-refractivity contribution in [2.45, 2.75) is 297 Å². The lowest BCUT2D eigenvalue weighted by Crippen LogP contribution is -2.30. The summed E-state index contributed by atoms with van der Waals surface area (Å²) in [5.74, 6) is -0.897. The van der Waals surface area contributed by atoms with Crippen LogP contribution in [0.1, 0.15) is 290 Å². The van der Waals surface area contributed by atoms with E-state index in [1.165, 1.54) is 154 Å². The third-order valence-electron chi connectivity index (χ3n) is 12.5. The van der Waals surface area contributed by atoms with Crippen LogP contribution >= 0.6 is 0 Å². The summed E-state index contributed by atoms with van der Waals surface area (Å²) >= 11 is 0. The molecular weight excluding hydrogens is 829 g/mol. The van der Waals surface area contributed by atoms with E-state index in [4.69, 9.17) is 14.2 Å². The molecule has 0 aliphatic rings. The monoisotopic (exact) mass is 937 g/mol. The molecule has 0 heterocycles. The van der Waals surface area contributed by atoms with Crippen LogP contribution < -0.4 is 0 Å². The maximum Gasteiger partial charge on any atom is 0.306 e. The predicted molar refractivity (Wildman–Crippen MR) is 288 cm³/mol. The average Bonchev–Trinajstić information content (AvgIpc) is 3.33. The van der Waals surface area contributed by atoms with Crippen molar-refractivity contribution in [2.24, 2.45) is 0 Å². The zero-order chi connectivity index (χ0) is 48.6. The molecule has 388 valence electrons. The van der Waals surface area contributed by atoms with Crippen LogP contribution in [0.2, 0.25) is 0 Å². The van der Waals surface area contributed by atoms with Crippen molar-refractivity contribution < 1.29 is 28.6 Å². The van der Waals surface area contributed by atoms with Gasteiger partial charge in [0.2, 0.25) is 0 Å². The second-order valence-corrected chi connectivity index (χ2v) is 19.2. The smallest absolute Gasteiger partial charge is 0.306 e. The van der Waals surface area contributed by atoms with Gasteiger partial charge in [0.15, 0.2) is 6.10 Å². The SMILES string of the molecule is CC/C=C\C/C=C\C/C=C\C/C=C\CCCCCCC(=O)OC(COC(=O)CCCCCCCCCCC/C=C\CCCCCCCC)COC(=O)CCCCCCCCCCCCCCC. The van der Waals surface area contributed by atoms with Crippen molar-refractivity contribution >= 4 is 17.9 Å². The number of ether oxygens (including phenoxy) is 3. The molecule has 0 radical (unpaired) electrons. The van der Waals surface area contributed by atoms with Crippen molar-refractivity contribution in [1.82, 2.24) is 0 Å². The highest BCUT2D eigenvalue weighted by atomic mass is 16.6. The maximum absolute atomic E-state index is 12.8. The number of hydrogen-bond acceptors (Lipinski definition) is 6. The van der Waals surface area contributed by atoms with Gasteiger partial charge in [0.05, 0.1) is 0 Å². The van der Waals surface area contributed by atoms with Crippen molar-refractivity contribution in [1.29, 1.82) is 0 Å². The summed E-state index contributed by atoms with van der Waals surface area (Å²) < 4.78 is 16.9. The topological polar surface area (TPSA) is 78.9 Å². The number of carbonyl (C=O) groups is 3. The second kappa shape index (κ2) is 55.7. The zero-order valence-electron chi connectivity index (χ0n) is 44.4. The quantitative estimate of drug-likeness (QED) is 0.0262. The molecule has 1 unspecified atom stereocenters. The van der Waals surface area contributed by atoms with Gasteiger partial charge in [-0.05, 0) is 83.5 Å². The molecule has 0 bridgehead atoms. The van der Waals surface area contributed by atoms with Crippen LogP contribution in [0.5, 0.6) is 0 Å². The highest BCUT2D eigenvalue weighted by molar-refractivity contribution is 5.71. The highest BCUT2D eigenvalue weighted by Crippen LogP contribution is 2.16. The fourth-order valence-corrected chi connectivity index (χ4v) is 8.19. The summed E-state index contributed by atoms with van der Waals surface area (Å²) in [6, 6.07) is 0. The molecule has 0 rings (SSSR count). The van der Waals surface area contributed by atoms with E-state index in [2.05, 4.69) is 81.5 Å². The van der Waals surface area contributed by atoms with Gasteiger partial charge in [0.25, 0.3) is 0 Å². The first kappa shape index (κ1) is 64.1. The molecule has 0 saturated carbocycles. The Labute approximate surface area is 415 Å². The molecule has 0 aliphatic heterocycles. The summed E-state index contributed by atoms with van der Waals surface area (Å²) in [7, 11) is 0. The number of rotatable bonds is 52. The molecule has 0 aliphatic carbocycles. The Kier molecular flexibility index (Phi) is 53.3. The summed E-state index contributed by atoms with van der Waals surface area (Å²) in [4.78, 5) is 38.1. The molecule has 0 fully saturated rings. The van der Waals surface area contributed by atoms with Crippen LogP contribution in [0.25, 0.3) is 0 Å². The first-order valence-electron chi connectivity index (χ1n) is 28.8. The van der Waals surface area contributed by atoms with Gasteiger partial charge in [-0.3, -0.25) is 14.4 Å². The van der Waals surface area contributed by atoms with Crippen LogP contribution in [0.3, 0.4) is 0 Å². The minimum absolute atomic E-state index is 0.0822. The van der Waals surface area contributed by atoms with Gasteiger partial charge >= 0.3 is 17.9 Å². The third-order valence-corrected chi connectivity index (χ3v) is 12.5. The molecule has 1 atom stereocenters. The molecule has 0 N–H and O–H groups in total. The maximum atomic E-state index is 12.8. The highest BCUT2D eigenvalue weighted by Gasteiger charge is 2.19. The third kappa shape index (κ3) is 53.9. The van der Waals surface area contributed by atoms with Crippen LogP contribution in [0.4, 0.5) is 0 Å². The average molecular weight is 938 g/mol. The first-order chi connectivity index (χ1) is 33.0. The fourth-order valence-electron chi connectivity index (χ4n) is 8.19. The van der Waals surface area contributed by atoms with Gasteiger partial charge in [-0.25, -0.2) is 0 Å². The number of carbonyl (C=O) groups excluding carboxylic acids is 3. The van der Waals surface area contributed by atoms with Gasteiger partial charge < -0.3 is 14.2 Å². The number of allylic oxidation sites excluding steroid dienone is 10. The van der Waals surface area contributed by atoms with Crippen LogP contribution in [0, 0.1) is 0 Å². The van der Waals surface area contributed by atoms with Gasteiger partial charge in [0.1, 0.15) is 13.2 Å². The lowest BCUT2D eigenvalue weighted by atomic mass is 10.0. The standard InChI is InChI=1S/C61H108O6/c1-4-7-10-13-16-19-22-25-27-29-30-32-33-36-39-42-45-48-51-54-60(63)66-57-58(56-65-59(62)53-50-47-44-41-38-35-24-21-18-15-12-9-6-3)67-61(64)55-52-49-46-43-40-37-34-31-28-26-23-20-17-14-11-8-5-2/h8,11,17,20,25-28,34,37,58H,4-7,9-10,12-16,18-19,21-24,29-33,35-36,38-57H2,1-3H3/b11-8-,20-17-,27-25-,28-26-,37-34-. The largest absolute Gasteiger partial charge is 0.462 e. The van der Waals surface area contributed by atoms with Gasteiger partial charge in [0, 0.05) is 19.3 Å². The van der Waals surface area contributed by atoms with Gasteiger partial charge in [-0.2, -0.15) is 0 Å². The molecule has 67 heavy (non-hydrogen) atoms. The van der Waals surface area contributed by atoms with Crippen LogP contribution in [0.15, 0.2) is 60.8 Å². The number of hydrogen-bond donors (Lipinski definition) is 0. The Morgan fingerprint density at radius 1 is 0.313 bits per heavy atom. The molecular formula is C61H108O6. The van der Waals surface area contributed by atoms with Gasteiger partial charge in [-0.1, -0.05) is 248 Å². The lowest BCUT2D eigenvalue weighted by molar-refractivity contribution is -0.167. The molecule has 0 aromatic carbocycles. The minimum Gasteiger partial charge on any atom is -0.462 e. The van der Waals surface area contributed by atoms with Crippen molar-refractivity contribution in [2.75, 3.05) is 13.2 Å². The molecule has 0 spiro atoms. The zero-order valence-corrected chi connectivity index (χ0v) is 44.4. The summed E-state index contributed by atoms with van der Waals surface area (Å²) in [5.41, 5.74) is 0. The van der Waals surface area contributed by atoms with Crippen molar-refractivity contribution in [3.63, 3.8) is 0 Å². The second-order valence-electron chi connectivity index (χ2n) is 19.2. The van der Waals surface area contributed by atoms with Gasteiger partial charge in [-0.15, -0.1) is 0 Å². The Balaban J connectivity index is 4.38. The van der Waals surface area contributed by atoms with E-state index in [0.717, 1.165) is 96.3 Å². The van der Waals surface area contributed by atoms with E-state index in [1.54, 1.807) is 0 Å². The Hall–Kier alpha value is -2.89. The van der Waals surface area contributed by atoms with Crippen molar-refractivity contribution in [3.8, 4) is 0 Å². The molecule has 6 nitrogen and oxygen atoms in total. The Bertz CT molecular complexity index is 1210. The molecule has 0 aromatic heterocycles.